The molecule has 2 aromatic rings. The molecule has 0 bridgehead atoms. The number of hydrogen-bond acceptors (Lipinski definition) is 7. The molecule has 1 fully saturated rings. The molecule has 1 aromatic carbocycles. The monoisotopic (exact) mass is 493 g/mol. The number of fused-ring (bicyclic) bond motifs is 1. The van der Waals surface area contributed by atoms with Crippen molar-refractivity contribution in [2.24, 2.45) is 4.99 Å². The van der Waals surface area contributed by atoms with Crippen LogP contribution in [0.4, 0.5) is 0 Å². The lowest BCUT2D eigenvalue weighted by Crippen LogP contribution is -2.40. The fourth-order valence-corrected chi connectivity index (χ4v) is 5.92. The molecule has 9 nitrogen and oxygen atoms in total. The molecular weight excluding hydrogens is 466 g/mol. The Hall–Kier alpha value is -2.79. The molecule has 1 aromatic heterocycles. The second-order valence-electron chi connectivity index (χ2n) is 7.90. The molecule has 1 aliphatic rings. The molecule has 1 saturated carbocycles. The first-order chi connectivity index (χ1) is 15.7. The van der Waals surface area contributed by atoms with Gasteiger partial charge in [0.15, 0.2) is 14.6 Å². The van der Waals surface area contributed by atoms with Crippen LogP contribution in [0.1, 0.15) is 42.5 Å². The molecule has 3 rings (SSSR count). The van der Waals surface area contributed by atoms with Crippen molar-refractivity contribution in [3.8, 4) is 0 Å². The van der Waals surface area contributed by atoms with E-state index < -0.39 is 39.1 Å². The third-order valence-electron chi connectivity index (χ3n) is 5.30. The number of rotatable bonds is 8. The molecule has 0 aliphatic heterocycles. The van der Waals surface area contributed by atoms with E-state index in [9.17, 15) is 22.8 Å². The van der Waals surface area contributed by atoms with Crippen LogP contribution in [0.5, 0.6) is 0 Å². The van der Waals surface area contributed by atoms with Crippen molar-refractivity contribution in [3.05, 3.63) is 41.2 Å². The van der Waals surface area contributed by atoms with Crippen molar-refractivity contribution < 1.29 is 27.5 Å². The summed E-state index contributed by atoms with van der Waals surface area (Å²) < 4.78 is 31.9. The van der Waals surface area contributed by atoms with Gasteiger partial charge < -0.3 is 14.6 Å². The fraction of sp³-hybridized carbons (Fsp3) is 0.455. The standard InChI is InChI=1S/C22H27N3O6S2/c1-3-11-25-17-10-9-15(21(28)31-2)12-18(17)32-22(25)24-20(27)14-33(29,30)13-19(26)23-16-7-5-4-6-8-16/h3,9-10,12,16H,1,4-8,11,13-14H2,2H3,(H,23,26). The van der Waals surface area contributed by atoms with Crippen LogP contribution in [0.15, 0.2) is 35.8 Å². The molecule has 178 valence electrons. The SMILES string of the molecule is C=CCn1c(=NC(=O)CS(=O)(=O)CC(=O)NC2CCCCC2)sc2cc(C(=O)OC)ccc21. The Balaban J connectivity index is 1.78. The number of carbonyl (C=O) groups excluding carboxylic acids is 3. The van der Waals surface area contributed by atoms with Crippen LogP contribution in [0.25, 0.3) is 10.2 Å². The van der Waals surface area contributed by atoms with Gasteiger partial charge in [0.05, 0.1) is 22.9 Å². The van der Waals surface area contributed by atoms with Crippen LogP contribution in [0, 0.1) is 0 Å². The van der Waals surface area contributed by atoms with E-state index in [0.29, 0.717) is 22.3 Å². The first kappa shape index (κ1) is 24.8. The molecular formula is C22H27N3O6S2. The summed E-state index contributed by atoms with van der Waals surface area (Å²) >= 11 is 1.14. The van der Waals surface area contributed by atoms with Gasteiger partial charge >= 0.3 is 5.97 Å². The highest BCUT2D eigenvalue weighted by Crippen LogP contribution is 2.20. The Morgan fingerprint density at radius 3 is 2.64 bits per heavy atom. The largest absolute Gasteiger partial charge is 0.465 e. The smallest absolute Gasteiger partial charge is 0.337 e. The summed E-state index contributed by atoms with van der Waals surface area (Å²) in [5.41, 5.74) is 1.07. The van der Waals surface area contributed by atoms with Gasteiger partial charge in [-0.1, -0.05) is 36.7 Å². The Kier molecular flexibility index (Phi) is 8.20. The number of hydrogen-bond donors (Lipinski definition) is 1. The average Bonchev–Trinajstić information content (AvgIpc) is 3.09. The van der Waals surface area contributed by atoms with Gasteiger partial charge in [0.1, 0.15) is 11.5 Å². The number of thiazole rings is 1. The van der Waals surface area contributed by atoms with Crippen LogP contribution in [-0.2, 0) is 30.7 Å². The molecule has 0 saturated heterocycles. The summed E-state index contributed by atoms with van der Waals surface area (Å²) in [5, 5.41) is 2.75. The highest BCUT2D eigenvalue weighted by Gasteiger charge is 2.23. The van der Waals surface area contributed by atoms with Gasteiger partial charge in [-0.05, 0) is 31.0 Å². The van der Waals surface area contributed by atoms with Crippen LogP contribution >= 0.6 is 11.3 Å². The van der Waals surface area contributed by atoms with E-state index in [1.54, 1.807) is 28.8 Å². The predicted molar refractivity (Wildman–Crippen MR) is 126 cm³/mol. The number of nitrogens with zero attached hydrogens (tertiary/aromatic N) is 2. The van der Waals surface area contributed by atoms with Crippen LogP contribution in [0.2, 0.25) is 0 Å². The maximum absolute atomic E-state index is 12.5. The number of carbonyl (C=O) groups is 3. The van der Waals surface area contributed by atoms with Gasteiger partial charge in [-0.15, -0.1) is 6.58 Å². The highest BCUT2D eigenvalue weighted by molar-refractivity contribution is 7.92. The quantitative estimate of drug-likeness (QED) is 0.443. The number of sulfone groups is 1. The van der Waals surface area contributed by atoms with Crippen molar-refractivity contribution in [1.82, 2.24) is 9.88 Å². The molecule has 1 N–H and O–H groups in total. The van der Waals surface area contributed by atoms with Crippen LogP contribution < -0.4 is 10.1 Å². The van der Waals surface area contributed by atoms with E-state index in [1.807, 2.05) is 0 Å². The van der Waals surface area contributed by atoms with Gasteiger partial charge in [-0.3, -0.25) is 9.59 Å². The van der Waals surface area contributed by atoms with Gasteiger partial charge in [0, 0.05) is 12.6 Å². The van der Waals surface area contributed by atoms with E-state index in [1.165, 1.54) is 7.11 Å². The number of amides is 2. The topological polar surface area (TPSA) is 124 Å². The van der Waals surface area contributed by atoms with Gasteiger partial charge in [-0.25, -0.2) is 13.2 Å². The third-order valence-corrected chi connectivity index (χ3v) is 7.73. The molecule has 0 radical (unpaired) electrons. The summed E-state index contributed by atoms with van der Waals surface area (Å²) in [6, 6.07) is 4.92. The minimum atomic E-state index is -3.97. The number of esters is 1. The van der Waals surface area contributed by atoms with Crippen molar-refractivity contribution in [2.45, 2.75) is 44.7 Å². The van der Waals surface area contributed by atoms with E-state index in [-0.39, 0.29) is 10.8 Å². The second-order valence-corrected chi connectivity index (χ2v) is 11.0. The van der Waals surface area contributed by atoms with Crippen molar-refractivity contribution in [1.29, 1.82) is 0 Å². The number of nitrogens with one attached hydrogen (secondary N) is 1. The van der Waals surface area contributed by atoms with E-state index in [0.717, 1.165) is 43.4 Å². The zero-order valence-corrected chi connectivity index (χ0v) is 20.0. The third kappa shape index (κ3) is 6.61. The maximum Gasteiger partial charge on any atom is 0.337 e. The van der Waals surface area contributed by atoms with Crippen molar-refractivity contribution >= 4 is 49.2 Å². The number of benzene rings is 1. The predicted octanol–water partition coefficient (Wildman–Crippen LogP) is 1.97. The zero-order valence-electron chi connectivity index (χ0n) is 18.4. The fourth-order valence-electron chi connectivity index (χ4n) is 3.80. The summed E-state index contributed by atoms with van der Waals surface area (Å²) in [7, 11) is -2.68. The Bertz CT molecular complexity index is 1240. The lowest BCUT2D eigenvalue weighted by molar-refractivity contribution is -0.119. The number of aromatic nitrogens is 1. The summed E-state index contributed by atoms with van der Waals surface area (Å²) in [5.74, 6) is -3.55. The van der Waals surface area contributed by atoms with Crippen LogP contribution in [0.3, 0.4) is 0 Å². The molecule has 33 heavy (non-hydrogen) atoms. The number of ether oxygens (including phenoxy) is 1. The Morgan fingerprint density at radius 2 is 1.97 bits per heavy atom. The number of methoxy groups -OCH3 is 1. The Labute approximate surface area is 196 Å². The summed E-state index contributed by atoms with van der Waals surface area (Å²) in [6.45, 7) is 4.04. The number of allylic oxidation sites excluding steroid dienone is 1. The van der Waals surface area contributed by atoms with Crippen molar-refractivity contribution in [3.63, 3.8) is 0 Å². The normalized spacial score (nSPS) is 15.4. The molecule has 1 heterocycles. The van der Waals surface area contributed by atoms with Gasteiger partial charge in [-0.2, -0.15) is 4.99 Å². The molecule has 0 spiro atoms. The molecule has 2 amide bonds. The minimum absolute atomic E-state index is 0.00636. The van der Waals surface area contributed by atoms with E-state index >= 15 is 0 Å². The average molecular weight is 494 g/mol. The van der Waals surface area contributed by atoms with E-state index in [2.05, 4.69) is 16.9 Å². The molecule has 1 aliphatic carbocycles. The highest BCUT2D eigenvalue weighted by atomic mass is 32.2. The molecule has 11 heteroatoms. The van der Waals surface area contributed by atoms with Gasteiger partial charge in [0.2, 0.25) is 5.91 Å². The lowest BCUT2D eigenvalue weighted by atomic mass is 9.95. The van der Waals surface area contributed by atoms with Crippen molar-refractivity contribution in [2.75, 3.05) is 18.6 Å². The second kappa shape index (κ2) is 10.9. The van der Waals surface area contributed by atoms with Gasteiger partial charge in [0.25, 0.3) is 5.91 Å². The molecule has 0 unspecified atom stereocenters. The van der Waals surface area contributed by atoms with Crippen LogP contribution in [-0.4, -0.2) is 55.4 Å². The Morgan fingerprint density at radius 1 is 1.24 bits per heavy atom. The zero-order chi connectivity index (χ0) is 24.0. The minimum Gasteiger partial charge on any atom is -0.465 e. The van der Waals surface area contributed by atoms with E-state index in [4.69, 9.17) is 4.74 Å². The molecule has 0 atom stereocenters. The first-order valence-corrected chi connectivity index (χ1v) is 13.3. The first-order valence-electron chi connectivity index (χ1n) is 10.6. The summed E-state index contributed by atoms with van der Waals surface area (Å²) in [4.78, 5) is 40.7. The summed E-state index contributed by atoms with van der Waals surface area (Å²) in [6.07, 6.45) is 6.44. The lowest BCUT2D eigenvalue weighted by Gasteiger charge is -2.22. The maximum atomic E-state index is 12.5.